The Bertz CT molecular complexity index is 3790. The van der Waals surface area contributed by atoms with Gasteiger partial charge in [-0.05, 0) is 141 Å². The zero-order valence-corrected chi connectivity index (χ0v) is 38.9. The van der Waals surface area contributed by atoms with Crippen molar-refractivity contribution in [3.05, 3.63) is 254 Å². The van der Waals surface area contributed by atoms with Crippen molar-refractivity contribution < 1.29 is 4.42 Å². The summed E-state index contributed by atoms with van der Waals surface area (Å²) in [7, 11) is -2.99. The summed E-state index contributed by atoms with van der Waals surface area (Å²) in [4.78, 5) is 4.89. The lowest BCUT2D eigenvalue weighted by molar-refractivity contribution is 0.669. The molecule has 0 fully saturated rings. The van der Waals surface area contributed by atoms with Gasteiger partial charge in [-0.15, -0.1) is 0 Å². The van der Waals surface area contributed by atoms with Gasteiger partial charge in [-0.25, -0.2) is 0 Å². The minimum absolute atomic E-state index is 0.878. The van der Waals surface area contributed by atoms with Crippen LogP contribution in [0.4, 0.5) is 34.1 Å². The number of furan rings is 1. The average molecular weight is 887 g/mol. The van der Waals surface area contributed by atoms with Gasteiger partial charge in [0.1, 0.15) is 11.2 Å². The molecule has 12 aromatic rings. The maximum absolute atomic E-state index is 6.43. The Morgan fingerprint density at radius 3 is 1.54 bits per heavy atom. The highest BCUT2D eigenvalue weighted by Gasteiger charge is 2.49. The quantitative estimate of drug-likeness (QED) is 0.112. The SMILES string of the molecule is Cc1ccc([Si]2(c3ccc(C)cc3)c3ccc(N(c4ccccc4)c4ccccc4)cc3-c3ccc(N(c4ccc5oc6ccccc6c5c4)c4cc5ccccc5c5ccccc45)cc32)cc1. The number of fused-ring (bicyclic) bond motifs is 9. The van der Waals surface area contributed by atoms with Gasteiger partial charge in [-0.2, -0.15) is 0 Å². The summed E-state index contributed by atoms with van der Waals surface area (Å²) in [5.74, 6) is 0. The number of hydrogen-bond acceptors (Lipinski definition) is 3. The summed E-state index contributed by atoms with van der Waals surface area (Å²) in [6.07, 6.45) is 0. The van der Waals surface area contributed by atoms with E-state index in [1.165, 1.54) is 64.5 Å². The van der Waals surface area contributed by atoms with E-state index < -0.39 is 8.07 Å². The van der Waals surface area contributed by atoms with Crippen LogP contribution in [0.3, 0.4) is 0 Å². The lowest BCUT2D eigenvalue weighted by Crippen LogP contribution is -2.72. The Morgan fingerprint density at radius 1 is 0.324 bits per heavy atom. The third-order valence-electron chi connectivity index (χ3n) is 14.2. The van der Waals surface area contributed by atoms with E-state index in [1.807, 2.05) is 6.07 Å². The molecule has 11 aromatic carbocycles. The molecule has 0 radical (unpaired) electrons. The first-order valence-electron chi connectivity index (χ1n) is 23.5. The van der Waals surface area contributed by atoms with E-state index in [-0.39, 0.29) is 0 Å². The molecule has 2 heterocycles. The molecule has 0 amide bonds. The number of anilines is 6. The fourth-order valence-electron chi connectivity index (χ4n) is 11.1. The molecule has 322 valence electrons. The lowest BCUT2D eigenvalue weighted by Gasteiger charge is -2.33. The molecule has 0 aliphatic carbocycles. The number of benzene rings is 11. The predicted molar refractivity (Wildman–Crippen MR) is 290 cm³/mol. The lowest BCUT2D eigenvalue weighted by atomic mass is 9.98. The van der Waals surface area contributed by atoms with Gasteiger partial charge in [0.15, 0.2) is 8.07 Å². The van der Waals surface area contributed by atoms with Crippen molar-refractivity contribution >= 4 is 106 Å². The van der Waals surface area contributed by atoms with E-state index in [2.05, 4.69) is 260 Å². The molecule has 68 heavy (non-hydrogen) atoms. The minimum atomic E-state index is -2.99. The van der Waals surface area contributed by atoms with Crippen LogP contribution in [0.2, 0.25) is 0 Å². The summed E-state index contributed by atoms with van der Waals surface area (Å²) in [5.41, 5.74) is 13.5. The van der Waals surface area contributed by atoms with E-state index >= 15 is 0 Å². The standard InChI is InChI=1S/C64H46N2OSi/c1-43-25-32-51(33-26-43)68(52-34-27-44(2)28-35-52)63-38-31-48(65(46-16-5-3-6-17-46)47-18-7-4-8-19-47)41-59(63)57-36-29-50(42-64(57)68)66(49-30-37-62-58(40-49)56-23-13-14-24-61(56)67-62)60-39-45-15-9-10-20-53(45)54-21-11-12-22-55(54)60/h3-42H,1-2H3. The van der Waals surface area contributed by atoms with Crippen molar-refractivity contribution in [1.82, 2.24) is 0 Å². The zero-order valence-electron chi connectivity index (χ0n) is 37.9. The Morgan fingerprint density at radius 2 is 0.853 bits per heavy atom. The van der Waals surface area contributed by atoms with Gasteiger partial charge in [0, 0.05) is 44.6 Å². The Labute approximate surface area is 397 Å². The second kappa shape index (κ2) is 15.9. The van der Waals surface area contributed by atoms with Crippen molar-refractivity contribution in [2.45, 2.75) is 13.8 Å². The number of aryl methyl sites for hydroxylation is 2. The van der Waals surface area contributed by atoms with E-state index in [4.69, 9.17) is 4.42 Å². The van der Waals surface area contributed by atoms with Gasteiger partial charge in [0.2, 0.25) is 0 Å². The highest BCUT2D eigenvalue weighted by Crippen LogP contribution is 2.45. The van der Waals surface area contributed by atoms with Crippen LogP contribution in [0.1, 0.15) is 11.1 Å². The van der Waals surface area contributed by atoms with Crippen LogP contribution in [0.5, 0.6) is 0 Å². The molecular formula is C64H46N2OSi. The van der Waals surface area contributed by atoms with Crippen molar-refractivity contribution in [2.75, 3.05) is 9.80 Å². The second-order valence-corrected chi connectivity index (χ2v) is 22.0. The molecule has 0 N–H and O–H groups in total. The first-order chi connectivity index (χ1) is 33.5. The zero-order chi connectivity index (χ0) is 45.3. The Hall–Kier alpha value is -8.44. The van der Waals surface area contributed by atoms with Crippen molar-refractivity contribution in [1.29, 1.82) is 0 Å². The minimum Gasteiger partial charge on any atom is -0.456 e. The molecule has 1 aliphatic rings. The number of para-hydroxylation sites is 3. The monoisotopic (exact) mass is 886 g/mol. The van der Waals surface area contributed by atoms with Crippen LogP contribution in [0.15, 0.2) is 247 Å². The van der Waals surface area contributed by atoms with Crippen LogP contribution in [0.25, 0.3) is 54.6 Å². The van der Waals surface area contributed by atoms with Crippen LogP contribution < -0.4 is 30.5 Å². The summed E-state index contributed by atoms with van der Waals surface area (Å²) < 4.78 is 6.43. The Kier molecular flexibility index (Phi) is 9.31. The smallest absolute Gasteiger partial charge is 0.180 e. The van der Waals surface area contributed by atoms with Crippen LogP contribution in [0, 0.1) is 13.8 Å². The maximum Gasteiger partial charge on any atom is 0.180 e. The highest BCUT2D eigenvalue weighted by molar-refractivity contribution is 7.22. The maximum atomic E-state index is 6.43. The van der Waals surface area contributed by atoms with Crippen molar-refractivity contribution in [3.63, 3.8) is 0 Å². The largest absolute Gasteiger partial charge is 0.456 e. The molecule has 0 spiro atoms. The molecule has 0 atom stereocenters. The molecule has 3 nitrogen and oxygen atoms in total. The summed E-state index contributed by atoms with van der Waals surface area (Å²) in [6, 6.07) is 90.1. The normalized spacial score (nSPS) is 12.7. The first-order valence-corrected chi connectivity index (χ1v) is 25.5. The van der Waals surface area contributed by atoms with E-state index in [9.17, 15) is 0 Å². The van der Waals surface area contributed by atoms with E-state index in [0.717, 1.165) is 56.1 Å². The van der Waals surface area contributed by atoms with E-state index in [1.54, 1.807) is 0 Å². The highest BCUT2D eigenvalue weighted by atomic mass is 28.3. The Balaban J connectivity index is 1.12. The molecule has 4 heteroatoms. The van der Waals surface area contributed by atoms with Crippen molar-refractivity contribution in [2.24, 2.45) is 0 Å². The average Bonchev–Trinajstić information content (AvgIpc) is 3.90. The third kappa shape index (κ3) is 6.26. The van der Waals surface area contributed by atoms with Gasteiger partial charge in [-0.3, -0.25) is 0 Å². The van der Waals surface area contributed by atoms with Crippen LogP contribution in [-0.2, 0) is 0 Å². The fourth-order valence-corrected chi connectivity index (χ4v) is 16.2. The number of rotatable bonds is 8. The number of nitrogens with zero attached hydrogens (tertiary/aromatic N) is 2. The van der Waals surface area contributed by atoms with Gasteiger partial charge >= 0.3 is 0 Å². The molecule has 0 saturated heterocycles. The van der Waals surface area contributed by atoms with Gasteiger partial charge in [0.25, 0.3) is 0 Å². The molecule has 1 aromatic heterocycles. The van der Waals surface area contributed by atoms with Gasteiger partial charge in [0.05, 0.1) is 5.69 Å². The fraction of sp³-hybridized carbons (Fsp3) is 0.0312. The summed E-state index contributed by atoms with van der Waals surface area (Å²) >= 11 is 0. The van der Waals surface area contributed by atoms with E-state index in [0.29, 0.717) is 0 Å². The molecule has 0 bridgehead atoms. The number of hydrogen-bond donors (Lipinski definition) is 0. The summed E-state index contributed by atoms with van der Waals surface area (Å²) in [6.45, 7) is 4.39. The van der Waals surface area contributed by atoms with Crippen LogP contribution in [-0.4, -0.2) is 8.07 Å². The van der Waals surface area contributed by atoms with Gasteiger partial charge < -0.3 is 14.2 Å². The van der Waals surface area contributed by atoms with Crippen LogP contribution >= 0.6 is 0 Å². The van der Waals surface area contributed by atoms with Gasteiger partial charge in [-0.1, -0.05) is 175 Å². The third-order valence-corrected chi connectivity index (χ3v) is 19.1. The molecule has 0 saturated carbocycles. The predicted octanol–water partition coefficient (Wildman–Crippen LogP) is 14.8. The molecule has 1 aliphatic heterocycles. The van der Waals surface area contributed by atoms with Crippen molar-refractivity contribution in [3.8, 4) is 11.1 Å². The summed E-state index contributed by atoms with van der Waals surface area (Å²) in [5, 5.41) is 12.6. The first kappa shape index (κ1) is 39.9. The molecule has 0 unspecified atom stereocenters. The topological polar surface area (TPSA) is 19.6 Å². The molecular weight excluding hydrogens is 841 g/mol. The second-order valence-electron chi connectivity index (χ2n) is 18.2. The molecule has 13 rings (SSSR count).